The van der Waals surface area contributed by atoms with Crippen LogP contribution in [0.1, 0.15) is 35.6 Å². The van der Waals surface area contributed by atoms with Crippen molar-refractivity contribution >= 4 is 34.0 Å². The van der Waals surface area contributed by atoms with E-state index in [1.165, 1.54) is 17.0 Å². The monoisotopic (exact) mass is 323 g/mol. The van der Waals surface area contributed by atoms with Gasteiger partial charge in [-0.1, -0.05) is 6.92 Å². The van der Waals surface area contributed by atoms with E-state index in [1.807, 2.05) is 10.8 Å². The fourth-order valence-corrected chi connectivity index (χ4v) is 3.53. The SMILES string of the molecule is CCc1cnc(C(C)n2c(CCl)nc3cc(F)ccc32)s1. The van der Waals surface area contributed by atoms with Crippen molar-refractivity contribution in [2.24, 2.45) is 0 Å². The van der Waals surface area contributed by atoms with Gasteiger partial charge in [-0.25, -0.2) is 14.4 Å². The molecule has 0 saturated carbocycles. The number of hydrogen-bond donors (Lipinski definition) is 0. The second-order valence-electron chi connectivity index (χ2n) is 4.86. The number of alkyl halides is 1. The first-order valence-corrected chi connectivity index (χ1v) is 8.16. The van der Waals surface area contributed by atoms with Crippen LogP contribution in [0.4, 0.5) is 4.39 Å². The van der Waals surface area contributed by atoms with Crippen molar-refractivity contribution in [1.29, 1.82) is 0 Å². The third-order valence-corrected chi connectivity index (χ3v) is 5.06. The van der Waals surface area contributed by atoms with Crippen LogP contribution in [0.5, 0.6) is 0 Å². The van der Waals surface area contributed by atoms with Gasteiger partial charge in [0.15, 0.2) is 0 Å². The maximum absolute atomic E-state index is 13.4. The number of fused-ring (bicyclic) bond motifs is 1. The van der Waals surface area contributed by atoms with Crippen molar-refractivity contribution in [3.05, 3.63) is 45.9 Å². The molecule has 0 amide bonds. The van der Waals surface area contributed by atoms with E-state index in [2.05, 4.69) is 23.8 Å². The summed E-state index contributed by atoms with van der Waals surface area (Å²) in [6.07, 6.45) is 2.89. The average Bonchev–Trinajstić information content (AvgIpc) is 3.09. The maximum Gasteiger partial charge on any atom is 0.125 e. The molecule has 0 spiro atoms. The molecule has 110 valence electrons. The number of benzene rings is 1. The lowest BCUT2D eigenvalue weighted by atomic mass is 10.2. The Morgan fingerprint density at radius 2 is 2.24 bits per heavy atom. The largest absolute Gasteiger partial charge is 0.317 e. The number of aryl methyl sites for hydroxylation is 1. The van der Waals surface area contributed by atoms with Gasteiger partial charge in [0.25, 0.3) is 0 Å². The minimum atomic E-state index is -0.288. The fourth-order valence-electron chi connectivity index (χ4n) is 2.44. The lowest BCUT2D eigenvalue weighted by Gasteiger charge is -2.14. The van der Waals surface area contributed by atoms with Gasteiger partial charge in [0.1, 0.15) is 16.6 Å². The predicted octanol–water partition coefficient (Wildman–Crippen LogP) is 4.54. The number of rotatable bonds is 4. The summed E-state index contributed by atoms with van der Waals surface area (Å²) >= 11 is 7.71. The first kappa shape index (κ1) is 14.5. The van der Waals surface area contributed by atoms with Crippen LogP contribution in [-0.2, 0) is 12.3 Å². The smallest absolute Gasteiger partial charge is 0.125 e. The Morgan fingerprint density at radius 3 is 2.90 bits per heavy atom. The van der Waals surface area contributed by atoms with Crippen molar-refractivity contribution in [1.82, 2.24) is 14.5 Å². The number of nitrogens with zero attached hydrogens (tertiary/aromatic N) is 3. The first-order chi connectivity index (χ1) is 10.1. The highest BCUT2D eigenvalue weighted by Crippen LogP contribution is 2.29. The highest BCUT2D eigenvalue weighted by Gasteiger charge is 2.19. The Balaban J connectivity index is 2.13. The third kappa shape index (κ3) is 2.56. The molecule has 0 bridgehead atoms. The first-order valence-electron chi connectivity index (χ1n) is 6.81. The van der Waals surface area contributed by atoms with Crippen LogP contribution >= 0.6 is 22.9 Å². The van der Waals surface area contributed by atoms with Crippen LogP contribution in [0.3, 0.4) is 0 Å². The molecule has 2 aromatic heterocycles. The highest BCUT2D eigenvalue weighted by atomic mass is 35.5. The maximum atomic E-state index is 13.4. The second-order valence-corrected chi connectivity index (χ2v) is 6.27. The van der Waals surface area contributed by atoms with Crippen LogP contribution in [0, 0.1) is 5.82 Å². The summed E-state index contributed by atoms with van der Waals surface area (Å²) in [7, 11) is 0. The summed E-state index contributed by atoms with van der Waals surface area (Å²) in [4.78, 5) is 10.2. The Kier molecular flexibility index (Phi) is 3.95. The Bertz CT molecular complexity index is 780. The van der Waals surface area contributed by atoms with Gasteiger partial charge in [-0.2, -0.15) is 0 Å². The van der Waals surface area contributed by atoms with Crippen LogP contribution < -0.4 is 0 Å². The quantitative estimate of drug-likeness (QED) is 0.660. The summed E-state index contributed by atoms with van der Waals surface area (Å²) in [5.74, 6) is 0.730. The summed E-state index contributed by atoms with van der Waals surface area (Å²) < 4.78 is 15.4. The van der Waals surface area contributed by atoms with E-state index in [0.29, 0.717) is 5.52 Å². The topological polar surface area (TPSA) is 30.7 Å². The molecule has 0 N–H and O–H groups in total. The molecule has 6 heteroatoms. The zero-order valence-corrected chi connectivity index (χ0v) is 13.4. The molecule has 3 aromatic rings. The summed E-state index contributed by atoms with van der Waals surface area (Å²) in [6, 6.07) is 4.66. The van der Waals surface area contributed by atoms with Crippen molar-refractivity contribution in [2.45, 2.75) is 32.2 Å². The van der Waals surface area contributed by atoms with Crippen molar-refractivity contribution in [2.75, 3.05) is 0 Å². The van der Waals surface area contributed by atoms with E-state index in [9.17, 15) is 4.39 Å². The molecule has 2 heterocycles. The summed E-state index contributed by atoms with van der Waals surface area (Å²) in [5.41, 5.74) is 1.51. The average molecular weight is 324 g/mol. The molecule has 0 aliphatic rings. The van der Waals surface area contributed by atoms with Gasteiger partial charge in [-0.3, -0.25) is 0 Å². The number of halogens is 2. The predicted molar refractivity (Wildman–Crippen MR) is 84.6 cm³/mol. The molecule has 0 radical (unpaired) electrons. The van der Waals surface area contributed by atoms with E-state index in [-0.39, 0.29) is 17.7 Å². The number of aromatic nitrogens is 3. The van der Waals surface area contributed by atoms with Gasteiger partial charge in [0, 0.05) is 17.1 Å². The molecular weight excluding hydrogens is 309 g/mol. The summed E-state index contributed by atoms with van der Waals surface area (Å²) in [5, 5.41) is 1.02. The lowest BCUT2D eigenvalue weighted by Crippen LogP contribution is -2.09. The standard InChI is InChI=1S/C15H15ClFN3S/c1-3-11-8-18-15(21-11)9(2)20-13-5-4-10(17)6-12(13)19-14(20)7-16/h4-6,8-9H,3,7H2,1-2H3. The van der Waals surface area contributed by atoms with Crippen molar-refractivity contribution in [3.8, 4) is 0 Å². The highest BCUT2D eigenvalue weighted by molar-refractivity contribution is 7.11. The zero-order valence-electron chi connectivity index (χ0n) is 11.8. The number of hydrogen-bond acceptors (Lipinski definition) is 3. The lowest BCUT2D eigenvalue weighted by molar-refractivity contribution is 0.624. The molecule has 0 aliphatic heterocycles. The molecule has 3 nitrogen and oxygen atoms in total. The molecule has 3 rings (SSSR count). The zero-order chi connectivity index (χ0) is 15.0. The van der Waals surface area contributed by atoms with Gasteiger partial charge < -0.3 is 4.57 Å². The van der Waals surface area contributed by atoms with Gasteiger partial charge in [0.05, 0.1) is 23.0 Å². The minimum Gasteiger partial charge on any atom is -0.317 e. The Labute approximate surface area is 131 Å². The molecular formula is C15H15ClFN3S. The molecule has 1 atom stereocenters. The molecule has 21 heavy (non-hydrogen) atoms. The van der Waals surface area contributed by atoms with Gasteiger partial charge in [-0.15, -0.1) is 22.9 Å². The molecule has 0 fully saturated rings. The van der Waals surface area contributed by atoms with Crippen LogP contribution in [-0.4, -0.2) is 14.5 Å². The van der Waals surface area contributed by atoms with Crippen LogP contribution in [0.25, 0.3) is 11.0 Å². The van der Waals surface area contributed by atoms with Gasteiger partial charge >= 0.3 is 0 Å². The number of thiazole rings is 1. The molecule has 0 aliphatic carbocycles. The van der Waals surface area contributed by atoms with Crippen LogP contribution in [0.2, 0.25) is 0 Å². The number of imidazole rings is 1. The molecule has 1 aromatic carbocycles. The van der Waals surface area contributed by atoms with Crippen molar-refractivity contribution < 1.29 is 4.39 Å². The van der Waals surface area contributed by atoms with Crippen LogP contribution in [0.15, 0.2) is 24.4 Å². The van der Waals surface area contributed by atoms with Crippen molar-refractivity contribution in [3.63, 3.8) is 0 Å². The van der Waals surface area contributed by atoms with Gasteiger partial charge in [-0.05, 0) is 25.5 Å². The second kappa shape index (κ2) is 5.73. The van der Waals surface area contributed by atoms with Gasteiger partial charge in [0.2, 0.25) is 0 Å². The Morgan fingerprint density at radius 1 is 1.43 bits per heavy atom. The Hall–Kier alpha value is -1.46. The molecule has 0 saturated heterocycles. The van der Waals surface area contributed by atoms with E-state index in [0.717, 1.165) is 22.8 Å². The van der Waals surface area contributed by atoms with E-state index in [1.54, 1.807) is 17.4 Å². The van der Waals surface area contributed by atoms with E-state index >= 15 is 0 Å². The minimum absolute atomic E-state index is 0.0273. The summed E-state index contributed by atoms with van der Waals surface area (Å²) in [6.45, 7) is 4.18. The molecule has 1 unspecified atom stereocenters. The fraction of sp³-hybridized carbons (Fsp3) is 0.333. The van der Waals surface area contributed by atoms with E-state index < -0.39 is 0 Å². The normalized spacial score (nSPS) is 13.0. The third-order valence-electron chi connectivity index (χ3n) is 3.51. The van der Waals surface area contributed by atoms with E-state index in [4.69, 9.17) is 11.6 Å².